The monoisotopic (exact) mass is 277 g/mol. The lowest BCUT2D eigenvalue weighted by Crippen LogP contribution is -2.66. The number of aryl methyl sites for hydroxylation is 1. The predicted molar refractivity (Wildman–Crippen MR) is 79.5 cm³/mol. The molecular formula is C16H24FN3. The smallest absolute Gasteiger partial charge is 0.123 e. The highest BCUT2D eigenvalue weighted by Crippen LogP contribution is 2.21. The molecule has 110 valence electrons. The van der Waals surface area contributed by atoms with Crippen LogP contribution in [0.15, 0.2) is 18.2 Å². The van der Waals surface area contributed by atoms with Crippen molar-refractivity contribution in [2.75, 3.05) is 39.8 Å². The Bertz CT molecular complexity index is 469. The molecule has 3 aliphatic heterocycles. The van der Waals surface area contributed by atoms with E-state index in [2.05, 4.69) is 22.0 Å². The first kappa shape index (κ1) is 14.0. The molecule has 3 aliphatic rings. The Kier molecular flexibility index (Phi) is 4.06. The van der Waals surface area contributed by atoms with Crippen molar-refractivity contribution in [1.29, 1.82) is 0 Å². The molecule has 2 unspecified atom stereocenters. The van der Waals surface area contributed by atoms with Crippen LogP contribution in [0.1, 0.15) is 11.1 Å². The minimum absolute atomic E-state index is 0.130. The third kappa shape index (κ3) is 2.73. The minimum atomic E-state index is -0.130. The fraction of sp³-hybridized carbons (Fsp3) is 0.625. The highest BCUT2D eigenvalue weighted by Gasteiger charge is 2.36. The number of hydrogen-bond donors (Lipinski definition) is 1. The molecule has 1 aromatic carbocycles. The van der Waals surface area contributed by atoms with Crippen LogP contribution in [-0.4, -0.2) is 61.7 Å². The molecule has 0 saturated carbocycles. The van der Waals surface area contributed by atoms with Gasteiger partial charge in [0.15, 0.2) is 0 Å². The zero-order valence-corrected chi connectivity index (χ0v) is 12.4. The normalized spacial score (nSPS) is 30.4. The van der Waals surface area contributed by atoms with Gasteiger partial charge >= 0.3 is 0 Å². The first-order valence-corrected chi connectivity index (χ1v) is 7.56. The molecule has 0 spiro atoms. The summed E-state index contributed by atoms with van der Waals surface area (Å²) in [5.74, 6) is -0.130. The van der Waals surface area contributed by atoms with Gasteiger partial charge in [-0.05, 0) is 43.7 Å². The molecule has 2 atom stereocenters. The fourth-order valence-electron chi connectivity index (χ4n) is 3.57. The number of benzene rings is 1. The maximum absolute atomic E-state index is 13.5. The quantitative estimate of drug-likeness (QED) is 0.894. The van der Waals surface area contributed by atoms with Crippen molar-refractivity contribution in [3.8, 4) is 0 Å². The maximum atomic E-state index is 13.5. The summed E-state index contributed by atoms with van der Waals surface area (Å²) in [7, 11) is 2.03. The summed E-state index contributed by atoms with van der Waals surface area (Å²) in [5.41, 5.74) is 2.31. The topological polar surface area (TPSA) is 18.5 Å². The zero-order valence-electron chi connectivity index (χ0n) is 12.4. The number of halogens is 1. The summed E-state index contributed by atoms with van der Waals surface area (Å²) < 4.78 is 13.5. The van der Waals surface area contributed by atoms with Crippen molar-refractivity contribution in [3.05, 3.63) is 35.1 Å². The van der Waals surface area contributed by atoms with E-state index in [-0.39, 0.29) is 5.82 Å². The Morgan fingerprint density at radius 1 is 1.30 bits per heavy atom. The second-order valence-corrected chi connectivity index (χ2v) is 6.07. The molecule has 1 N–H and O–H groups in total. The number of rotatable bonds is 4. The third-order valence-electron chi connectivity index (χ3n) is 4.91. The van der Waals surface area contributed by atoms with Gasteiger partial charge in [0.25, 0.3) is 0 Å². The molecule has 3 heterocycles. The SMILES string of the molecule is CNC(Cc1cc(F)ccc1C)C1CN2CCN1CC2. The summed E-state index contributed by atoms with van der Waals surface area (Å²) in [6.45, 7) is 7.95. The Balaban J connectivity index is 1.75. The van der Waals surface area contributed by atoms with Gasteiger partial charge in [0, 0.05) is 44.8 Å². The van der Waals surface area contributed by atoms with Gasteiger partial charge in [-0.1, -0.05) is 6.07 Å². The van der Waals surface area contributed by atoms with Crippen LogP contribution < -0.4 is 5.32 Å². The van der Waals surface area contributed by atoms with E-state index in [4.69, 9.17) is 0 Å². The van der Waals surface area contributed by atoms with Crippen LogP contribution in [0, 0.1) is 12.7 Å². The van der Waals surface area contributed by atoms with Gasteiger partial charge in [-0.3, -0.25) is 9.80 Å². The molecule has 3 saturated heterocycles. The van der Waals surface area contributed by atoms with Crippen molar-refractivity contribution in [1.82, 2.24) is 15.1 Å². The van der Waals surface area contributed by atoms with Gasteiger partial charge in [0.05, 0.1) is 0 Å². The molecule has 0 aromatic heterocycles. The van der Waals surface area contributed by atoms with Crippen LogP contribution in [0.2, 0.25) is 0 Å². The lowest BCUT2D eigenvalue weighted by Gasteiger charge is -2.50. The van der Waals surface area contributed by atoms with E-state index < -0.39 is 0 Å². The summed E-state index contributed by atoms with van der Waals surface area (Å²) in [6, 6.07) is 6.05. The van der Waals surface area contributed by atoms with Crippen molar-refractivity contribution in [2.24, 2.45) is 0 Å². The number of fused-ring (bicyclic) bond motifs is 3. The van der Waals surface area contributed by atoms with Gasteiger partial charge < -0.3 is 5.32 Å². The molecule has 0 radical (unpaired) electrons. The van der Waals surface area contributed by atoms with Crippen LogP contribution in [-0.2, 0) is 6.42 Å². The molecule has 20 heavy (non-hydrogen) atoms. The van der Waals surface area contributed by atoms with E-state index in [0.29, 0.717) is 12.1 Å². The average molecular weight is 277 g/mol. The molecule has 2 bridgehead atoms. The van der Waals surface area contributed by atoms with E-state index in [1.54, 1.807) is 12.1 Å². The zero-order chi connectivity index (χ0) is 14.1. The number of piperazine rings is 3. The van der Waals surface area contributed by atoms with E-state index in [1.165, 1.54) is 31.7 Å². The first-order chi connectivity index (χ1) is 9.67. The second kappa shape index (κ2) is 5.80. The van der Waals surface area contributed by atoms with Crippen LogP contribution in [0.3, 0.4) is 0 Å². The summed E-state index contributed by atoms with van der Waals surface area (Å²) in [4.78, 5) is 5.14. The first-order valence-electron chi connectivity index (χ1n) is 7.56. The standard InChI is InChI=1S/C16H24FN3/c1-12-3-4-14(17)9-13(12)10-15(18-2)16-11-19-5-7-20(16)8-6-19/h3-4,9,15-16,18H,5-8,10-11H2,1-2H3. The summed E-state index contributed by atoms with van der Waals surface area (Å²) >= 11 is 0. The summed E-state index contributed by atoms with van der Waals surface area (Å²) in [5, 5.41) is 3.46. The van der Waals surface area contributed by atoms with Gasteiger partial charge in [0.1, 0.15) is 5.82 Å². The van der Waals surface area contributed by atoms with Gasteiger partial charge in [-0.15, -0.1) is 0 Å². The maximum Gasteiger partial charge on any atom is 0.123 e. The second-order valence-electron chi connectivity index (χ2n) is 6.07. The molecule has 3 fully saturated rings. The van der Waals surface area contributed by atoms with Gasteiger partial charge in [0.2, 0.25) is 0 Å². The van der Waals surface area contributed by atoms with Gasteiger partial charge in [-0.25, -0.2) is 4.39 Å². The van der Waals surface area contributed by atoms with Crippen LogP contribution in [0.25, 0.3) is 0 Å². The molecule has 0 aliphatic carbocycles. The van der Waals surface area contributed by atoms with Crippen molar-refractivity contribution < 1.29 is 4.39 Å². The Hall–Kier alpha value is -0.970. The molecular weight excluding hydrogens is 253 g/mol. The van der Waals surface area contributed by atoms with Crippen LogP contribution >= 0.6 is 0 Å². The number of nitrogens with one attached hydrogen (secondary N) is 1. The van der Waals surface area contributed by atoms with Crippen molar-refractivity contribution in [3.63, 3.8) is 0 Å². The van der Waals surface area contributed by atoms with Crippen LogP contribution in [0.5, 0.6) is 0 Å². The molecule has 1 aromatic rings. The number of likely N-dealkylation sites (N-methyl/N-ethyl adjacent to an activating group) is 1. The largest absolute Gasteiger partial charge is 0.315 e. The molecule has 4 rings (SSSR count). The minimum Gasteiger partial charge on any atom is -0.315 e. The Labute approximate surface area is 120 Å². The molecule has 4 heteroatoms. The van der Waals surface area contributed by atoms with Crippen LogP contribution in [0.4, 0.5) is 4.39 Å². The van der Waals surface area contributed by atoms with E-state index in [1.807, 2.05) is 13.1 Å². The highest BCUT2D eigenvalue weighted by atomic mass is 19.1. The van der Waals surface area contributed by atoms with Gasteiger partial charge in [-0.2, -0.15) is 0 Å². The van der Waals surface area contributed by atoms with Crippen molar-refractivity contribution >= 4 is 0 Å². The van der Waals surface area contributed by atoms with E-state index in [9.17, 15) is 4.39 Å². The predicted octanol–water partition coefficient (Wildman–Crippen LogP) is 1.26. The fourth-order valence-corrected chi connectivity index (χ4v) is 3.57. The third-order valence-corrected chi connectivity index (χ3v) is 4.91. The summed E-state index contributed by atoms with van der Waals surface area (Å²) in [6.07, 6.45) is 0.898. The van der Waals surface area contributed by atoms with E-state index in [0.717, 1.165) is 18.5 Å². The molecule has 3 nitrogen and oxygen atoms in total. The average Bonchev–Trinajstić information content (AvgIpc) is 2.49. The number of hydrogen-bond acceptors (Lipinski definition) is 3. The Morgan fingerprint density at radius 3 is 2.65 bits per heavy atom. The highest BCUT2D eigenvalue weighted by molar-refractivity contribution is 5.27. The lowest BCUT2D eigenvalue weighted by atomic mass is 9.92. The van der Waals surface area contributed by atoms with Crippen molar-refractivity contribution in [2.45, 2.75) is 25.4 Å². The molecule has 0 amide bonds. The lowest BCUT2D eigenvalue weighted by molar-refractivity contribution is -0.00204. The van der Waals surface area contributed by atoms with E-state index >= 15 is 0 Å². The Morgan fingerprint density at radius 2 is 2.05 bits per heavy atom. The number of nitrogens with zero attached hydrogens (tertiary/aromatic N) is 2.